The van der Waals surface area contributed by atoms with E-state index in [-0.39, 0.29) is 5.54 Å². The van der Waals surface area contributed by atoms with Crippen molar-refractivity contribution in [3.8, 4) is 0 Å². The third-order valence-corrected chi connectivity index (χ3v) is 6.86. The van der Waals surface area contributed by atoms with Crippen LogP contribution < -0.4 is 5.32 Å². The molecule has 4 atom stereocenters. The fourth-order valence-corrected chi connectivity index (χ4v) is 4.21. The van der Waals surface area contributed by atoms with Crippen LogP contribution in [0.15, 0.2) is 0 Å². The van der Waals surface area contributed by atoms with E-state index in [0.29, 0.717) is 23.0 Å². The van der Waals surface area contributed by atoms with Crippen molar-refractivity contribution in [3.05, 3.63) is 0 Å². The molecule has 2 rings (SSSR count). The Hall–Kier alpha value is -0.0800. The molecule has 2 bridgehead atoms. The Kier molecular flexibility index (Phi) is 4.30. The molecule has 0 radical (unpaired) electrons. The molecule has 0 spiro atoms. The Morgan fingerprint density at radius 1 is 1.30 bits per heavy atom. The first kappa shape index (κ1) is 16.3. The van der Waals surface area contributed by atoms with Gasteiger partial charge in [0.2, 0.25) is 0 Å². The first-order valence-electron chi connectivity index (χ1n) is 8.53. The molecule has 20 heavy (non-hydrogen) atoms. The first-order chi connectivity index (χ1) is 9.12. The van der Waals surface area contributed by atoms with Crippen LogP contribution in [0.25, 0.3) is 0 Å². The van der Waals surface area contributed by atoms with Gasteiger partial charge in [0.1, 0.15) is 0 Å². The van der Waals surface area contributed by atoms with Crippen LogP contribution in [0.3, 0.4) is 0 Å². The van der Waals surface area contributed by atoms with Crippen LogP contribution in [0.2, 0.25) is 0 Å². The second-order valence-corrected chi connectivity index (χ2v) is 8.66. The van der Waals surface area contributed by atoms with Crippen LogP contribution in [0, 0.1) is 16.7 Å². The summed E-state index contributed by atoms with van der Waals surface area (Å²) in [5.74, 6) is 0.866. The molecular weight excluding hydrogens is 246 g/mol. The molecule has 0 heterocycles. The molecule has 0 aliphatic heterocycles. The van der Waals surface area contributed by atoms with Crippen LogP contribution in [-0.4, -0.2) is 24.3 Å². The summed E-state index contributed by atoms with van der Waals surface area (Å²) in [4.78, 5) is 0. The highest BCUT2D eigenvalue weighted by molar-refractivity contribution is 5.11. The van der Waals surface area contributed by atoms with Crippen LogP contribution in [0.4, 0.5) is 0 Å². The lowest BCUT2D eigenvalue weighted by atomic mass is 9.70. The number of hydrogen-bond donors (Lipinski definition) is 1. The Balaban J connectivity index is 1.89. The van der Waals surface area contributed by atoms with E-state index in [0.717, 1.165) is 18.9 Å². The maximum Gasteiger partial charge on any atom is 0.0675 e. The fourth-order valence-electron chi connectivity index (χ4n) is 4.21. The van der Waals surface area contributed by atoms with E-state index in [1.54, 1.807) is 0 Å². The summed E-state index contributed by atoms with van der Waals surface area (Å²) in [6.07, 6.45) is 5.92. The minimum Gasteiger partial charge on any atom is -0.373 e. The van der Waals surface area contributed by atoms with Crippen molar-refractivity contribution in [2.75, 3.05) is 6.54 Å². The molecule has 0 saturated heterocycles. The van der Waals surface area contributed by atoms with Crippen molar-refractivity contribution < 1.29 is 4.74 Å². The molecule has 2 aliphatic rings. The van der Waals surface area contributed by atoms with Crippen molar-refractivity contribution in [1.29, 1.82) is 0 Å². The predicted octanol–water partition coefficient (Wildman–Crippen LogP) is 4.38. The summed E-state index contributed by atoms with van der Waals surface area (Å²) in [7, 11) is 0. The van der Waals surface area contributed by atoms with Gasteiger partial charge >= 0.3 is 0 Å². The molecular formula is C18H35NO. The molecule has 0 aromatic heterocycles. The van der Waals surface area contributed by atoms with Crippen molar-refractivity contribution >= 4 is 0 Å². The normalized spacial score (nSPS) is 37.4. The summed E-state index contributed by atoms with van der Waals surface area (Å²) < 4.78 is 6.46. The number of nitrogens with one attached hydrogen (secondary N) is 1. The van der Waals surface area contributed by atoms with Gasteiger partial charge in [0, 0.05) is 12.1 Å². The topological polar surface area (TPSA) is 21.3 Å². The average Bonchev–Trinajstić information content (AvgIpc) is 2.70. The van der Waals surface area contributed by atoms with Gasteiger partial charge in [-0.05, 0) is 63.2 Å². The van der Waals surface area contributed by atoms with Gasteiger partial charge in [-0.2, -0.15) is 0 Å². The van der Waals surface area contributed by atoms with Gasteiger partial charge in [-0.3, -0.25) is 0 Å². The zero-order valence-electron chi connectivity index (χ0n) is 14.7. The number of fused-ring (bicyclic) bond motifs is 2. The van der Waals surface area contributed by atoms with E-state index in [4.69, 9.17) is 4.74 Å². The molecule has 0 aromatic carbocycles. The summed E-state index contributed by atoms with van der Waals surface area (Å²) in [6, 6.07) is 0. The van der Waals surface area contributed by atoms with Crippen molar-refractivity contribution in [3.63, 3.8) is 0 Å². The lowest BCUT2D eigenvalue weighted by molar-refractivity contribution is -0.0804. The zero-order valence-corrected chi connectivity index (χ0v) is 14.7. The fraction of sp³-hybridized carbons (Fsp3) is 1.00. The molecule has 118 valence electrons. The Bertz CT molecular complexity index is 349. The van der Waals surface area contributed by atoms with Gasteiger partial charge in [-0.15, -0.1) is 0 Å². The molecule has 2 fully saturated rings. The monoisotopic (exact) mass is 281 g/mol. The van der Waals surface area contributed by atoms with E-state index in [1.165, 1.54) is 19.3 Å². The van der Waals surface area contributed by atoms with E-state index in [2.05, 4.69) is 53.8 Å². The van der Waals surface area contributed by atoms with Gasteiger partial charge < -0.3 is 10.1 Å². The predicted molar refractivity (Wildman–Crippen MR) is 85.9 cm³/mol. The molecule has 2 nitrogen and oxygen atoms in total. The average molecular weight is 281 g/mol. The quantitative estimate of drug-likeness (QED) is 0.780. The van der Waals surface area contributed by atoms with Gasteiger partial charge in [0.05, 0.1) is 12.2 Å². The standard InChI is InChI=1S/C18H35NO/c1-8-16(3,4)19-12-13(2)20-15-11-14-9-10-18(15,7)17(14,5)6/h13-15,19H,8-12H2,1-7H3. The van der Waals surface area contributed by atoms with Gasteiger partial charge in [0.25, 0.3) is 0 Å². The molecule has 2 saturated carbocycles. The summed E-state index contributed by atoms with van der Waals surface area (Å²) >= 11 is 0. The van der Waals surface area contributed by atoms with Crippen molar-refractivity contribution in [1.82, 2.24) is 5.32 Å². The molecule has 2 aliphatic carbocycles. The lowest BCUT2D eigenvalue weighted by Crippen LogP contribution is -2.45. The highest BCUT2D eigenvalue weighted by Crippen LogP contribution is 2.66. The molecule has 2 heteroatoms. The molecule has 0 aromatic rings. The number of hydrogen-bond acceptors (Lipinski definition) is 2. The van der Waals surface area contributed by atoms with Crippen molar-refractivity contribution in [2.45, 2.75) is 91.9 Å². The van der Waals surface area contributed by atoms with Crippen molar-refractivity contribution in [2.24, 2.45) is 16.7 Å². The Morgan fingerprint density at radius 2 is 1.95 bits per heavy atom. The molecule has 0 amide bonds. The second kappa shape index (κ2) is 5.28. The number of ether oxygens (including phenoxy) is 1. The van der Waals surface area contributed by atoms with Gasteiger partial charge in [-0.1, -0.05) is 27.7 Å². The zero-order chi connectivity index (χ0) is 15.2. The van der Waals surface area contributed by atoms with E-state index < -0.39 is 0 Å². The maximum atomic E-state index is 6.46. The summed E-state index contributed by atoms with van der Waals surface area (Å²) in [5.41, 5.74) is 1.05. The van der Waals surface area contributed by atoms with Gasteiger partial charge in [0.15, 0.2) is 0 Å². The van der Waals surface area contributed by atoms with E-state index in [1.807, 2.05) is 0 Å². The Labute approximate surface area is 126 Å². The van der Waals surface area contributed by atoms with E-state index in [9.17, 15) is 0 Å². The largest absolute Gasteiger partial charge is 0.373 e. The smallest absolute Gasteiger partial charge is 0.0675 e. The van der Waals surface area contributed by atoms with E-state index >= 15 is 0 Å². The minimum absolute atomic E-state index is 0.218. The first-order valence-corrected chi connectivity index (χ1v) is 8.53. The van der Waals surface area contributed by atoms with Gasteiger partial charge in [-0.25, -0.2) is 0 Å². The highest BCUT2D eigenvalue weighted by atomic mass is 16.5. The third kappa shape index (κ3) is 2.66. The minimum atomic E-state index is 0.218. The maximum absolute atomic E-state index is 6.46. The second-order valence-electron chi connectivity index (χ2n) is 8.66. The van der Waals surface area contributed by atoms with Crippen LogP contribution in [0.1, 0.15) is 74.1 Å². The highest BCUT2D eigenvalue weighted by Gasteiger charge is 2.62. The lowest BCUT2D eigenvalue weighted by Gasteiger charge is -2.40. The van der Waals surface area contributed by atoms with Crippen LogP contribution in [-0.2, 0) is 4.74 Å². The SMILES string of the molecule is CCC(C)(C)NCC(C)OC1CC2CCC1(C)C2(C)C. The number of rotatable bonds is 6. The van der Waals surface area contributed by atoms with Crippen LogP contribution >= 0.6 is 0 Å². The Morgan fingerprint density at radius 3 is 2.40 bits per heavy atom. The van der Waals surface area contributed by atoms with Crippen LogP contribution in [0.5, 0.6) is 0 Å². The third-order valence-electron chi connectivity index (χ3n) is 6.86. The summed E-state index contributed by atoms with van der Waals surface area (Å²) in [5, 5.41) is 3.63. The molecule has 4 unspecified atom stereocenters. The molecule has 1 N–H and O–H groups in total. The summed E-state index contributed by atoms with van der Waals surface area (Å²) in [6.45, 7) is 17.3.